The fourth-order valence-corrected chi connectivity index (χ4v) is 1.72. The number of nitrogens with one attached hydrogen (secondary N) is 1. The molecule has 0 aliphatic rings. The Morgan fingerprint density at radius 1 is 1.35 bits per heavy atom. The summed E-state index contributed by atoms with van der Waals surface area (Å²) in [6.45, 7) is 2.05. The summed E-state index contributed by atoms with van der Waals surface area (Å²) in [5.41, 5.74) is 6.91. The second-order valence-electron chi connectivity index (χ2n) is 4.30. The number of pyridine rings is 1. The zero-order valence-corrected chi connectivity index (χ0v) is 10.8. The summed E-state index contributed by atoms with van der Waals surface area (Å²) in [7, 11) is 0. The minimum atomic E-state index is -1.11. The number of benzene rings is 1. The van der Waals surface area contributed by atoms with Crippen molar-refractivity contribution in [3.05, 3.63) is 58.9 Å². The van der Waals surface area contributed by atoms with Gasteiger partial charge in [0.15, 0.2) is 11.6 Å². The SMILES string of the molecule is Cc1cccnc1CNC(=O)c1cc(F)c(F)cc1N. The number of aryl methyl sites for hydroxylation is 1. The summed E-state index contributed by atoms with van der Waals surface area (Å²) in [4.78, 5) is 16.0. The van der Waals surface area contributed by atoms with Gasteiger partial charge in [0.05, 0.1) is 17.8 Å². The fraction of sp³-hybridized carbons (Fsp3) is 0.143. The number of nitrogens with two attached hydrogens (primary N) is 1. The number of anilines is 1. The maximum atomic E-state index is 13.1. The lowest BCUT2D eigenvalue weighted by Gasteiger charge is -2.09. The molecule has 2 aromatic rings. The van der Waals surface area contributed by atoms with E-state index >= 15 is 0 Å². The number of nitrogen functional groups attached to an aromatic ring is 1. The van der Waals surface area contributed by atoms with Gasteiger partial charge in [-0.2, -0.15) is 0 Å². The highest BCUT2D eigenvalue weighted by Gasteiger charge is 2.14. The van der Waals surface area contributed by atoms with Gasteiger partial charge in [-0.05, 0) is 24.6 Å². The Labute approximate surface area is 114 Å². The van der Waals surface area contributed by atoms with Gasteiger partial charge in [0, 0.05) is 18.0 Å². The van der Waals surface area contributed by atoms with Crippen molar-refractivity contribution in [2.45, 2.75) is 13.5 Å². The van der Waals surface area contributed by atoms with Crippen LogP contribution in [0, 0.1) is 18.6 Å². The molecule has 0 saturated heterocycles. The Morgan fingerprint density at radius 2 is 2.05 bits per heavy atom. The molecule has 1 aromatic heterocycles. The van der Waals surface area contributed by atoms with E-state index in [0.717, 1.165) is 17.7 Å². The highest BCUT2D eigenvalue weighted by Crippen LogP contribution is 2.17. The molecule has 3 N–H and O–H groups in total. The summed E-state index contributed by atoms with van der Waals surface area (Å²) in [5.74, 6) is -2.77. The van der Waals surface area contributed by atoms with Crippen LogP contribution >= 0.6 is 0 Å². The summed E-state index contributed by atoms with van der Waals surface area (Å²) in [5, 5.41) is 2.57. The van der Waals surface area contributed by atoms with Crippen LogP contribution in [0.25, 0.3) is 0 Å². The Kier molecular flexibility index (Phi) is 3.93. The van der Waals surface area contributed by atoms with Crippen molar-refractivity contribution in [1.82, 2.24) is 10.3 Å². The lowest BCUT2D eigenvalue weighted by molar-refractivity contribution is 0.0950. The monoisotopic (exact) mass is 277 g/mol. The van der Waals surface area contributed by atoms with Crippen molar-refractivity contribution in [3.8, 4) is 0 Å². The first-order chi connectivity index (χ1) is 9.49. The van der Waals surface area contributed by atoms with Gasteiger partial charge in [-0.25, -0.2) is 8.78 Å². The Bertz CT molecular complexity index is 659. The third kappa shape index (κ3) is 2.90. The molecule has 0 saturated carbocycles. The predicted molar refractivity (Wildman–Crippen MR) is 70.9 cm³/mol. The Balaban J connectivity index is 2.13. The molecule has 0 fully saturated rings. The van der Waals surface area contributed by atoms with Gasteiger partial charge >= 0.3 is 0 Å². The fourth-order valence-electron chi connectivity index (χ4n) is 1.72. The third-order valence-corrected chi connectivity index (χ3v) is 2.87. The smallest absolute Gasteiger partial charge is 0.253 e. The third-order valence-electron chi connectivity index (χ3n) is 2.87. The van der Waals surface area contributed by atoms with E-state index in [2.05, 4.69) is 10.3 Å². The van der Waals surface area contributed by atoms with Gasteiger partial charge in [-0.15, -0.1) is 0 Å². The van der Waals surface area contributed by atoms with Crippen LogP contribution in [0.15, 0.2) is 30.5 Å². The van der Waals surface area contributed by atoms with E-state index in [1.54, 1.807) is 12.3 Å². The molecule has 6 heteroatoms. The van der Waals surface area contributed by atoms with Crippen LogP contribution in [0.2, 0.25) is 0 Å². The van der Waals surface area contributed by atoms with Crippen molar-refractivity contribution in [1.29, 1.82) is 0 Å². The van der Waals surface area contributed by atoms with Crippen LogP contribution in [-0.2, 0) is 6.54 Å². The minimum Gasteiger partial charge on any atom is -0.398 e. The van der Waals surface area contributed by atoms with Gasteiger partial charge in [0.2, 0.25) is 0 Å². The normalized spacial score (nSPS) is 10.3. The molecule has 0 radical (unpaired) electrons. The summed E-state index contributed by atoms with van der Waals surface area (Å²) < 4.78 is 26.1. The lowest BCUT2D eigenvalue weighted by atomic mass is 10.1. The van der Waals surface area contributed by atoms with Gasteiger partial charge in [-0.1, -0.05) is 6.07 Å². The molecule has 1 heterocycles. The number of hydrogen-bond acceptors (Lipinski definition) is 3. The zero-order valence-electron chi connectivity index (χ0n) is 10.8. The van der Waals surface area contributed by atoms with Gasteiger partial charge in [0.25, 0.3) is 5.91 Å². The first kappa shape index (κ1) is 13.9. The van der Waals surface area contributed by atoms with Crippen LogP contribution in [0.3, 0.4) is 0 Å². The molecule has 20 heavy (non-hydrogen) atoms. The number of nitrogens with zero attached hydrogens (tertiary/aromatic N) is 1. The number of hydrogen-bond donors (Lipinski definition) is 2. The predicted octanol–water partition coefficient (Wildman–Crippen LogP) is 2.18. The number of carbonyl (C=O) groups is 1. The summed E-state index contributed by atoms with van der Waals surface area (Å²) in [6.07, 6.45) is 1.61. The highest BCUT2D eigenvalue weighted by atomic mass is 19.2. The average molecular weight is 277 g/mol. The maximum absolute atomic E-state index is 13.1. The number of aromatic nitrogens is 1. The van der Waals surface area contributed by atoms with Crippen molar-refractivity contribution in [3.63, 3.8) is 0 Å². The van der Waals surface area contributed by atoms with E-state index in [-0.39, 0.29) is 17.8 Å². The van der Waals surface area contributed by atoms with Crippen molar-refractivity contribution < 1.29 is 13.6 Å². The van der Waals surface area contributed by atoms with E-state index in [9.17, 15) is 13.6 Å². The largest absolute Gasteiger partial charge is 0.398 e. The topological polar surface area (TPSA) is 68.0 Å². The lowest BCUT2D eigenvalue weighted by Crippen LogP contribution is -2.25. The number of amides is 1. The molecule has 0 aliphatic heterocycles. The van der Waals surface area contributed by atoms with E-state index in [1.165, 1.54) is 0 Å². The number of rotatable bonds is 3. The van der Waals surface area contributed by atoms with E-state index in [0.29, 0.717) is 5.69 Å². The molecule has 0 unspecified atom stereocenters. The summed E-state index contributed by atoms with van der Waals surface area (Å²) >= 11 is 0. The molecule has 1 amide bonds. The van der Waals surface area contributed by atoms with Crippen LogP contribution in [0.5, 0.6) is 0 Å². The standard InChI is InChI=1S/C14H13F2N3O/c1-8-3-2-4-18-13(8)7-19-14(20)9-5-10(15)11(16)6-12(9)17/h2-6H,7,17H2,1H3,(H,19,20). The molecule has 4 nitrogen and oxygen atoms in total. The highest BCUT2D eigenvalue weighted by molar-refractivity contribution is 5.99. The van der Waals surface area contributed by atoms with Gasteiger partial charge in [0.1, 0.15) is 0 Å². The average Bonchev–Trinajstić information content (AvgIpc) is 2.41. The molecule has 0 bridgehead atoms. The molecule has 0 aliphatic carbocycles. The summed E-state index contributed by atoms with van der Waals surface area (Å²) in [6, 6.07) is 5.22. The quantitative estimate of drug-likeness (QED) is 0.845. The first-order valence-corrected chi connectivity index (χ1v) is 5.92. The maximum Gasteiger partial charge on any atom is 0.253 e. The van der Waals surface area contributed by atoms with Crippen LogP contribution in [0.4, 0.5) is 14.5 Å². The van der Waals surface area contributed by atoms with Gasteiger partial charge in [-0.3, -0.25) is 9.78 Å². The first-order valence-electron chi connectivity index (χ1n) is 5.92. The van der Waals surface area contributed by atoms with E-state index < -0.39 is 17.5 Å². The molecule has 104 valence electrons. The molecular weight excluding hydrogens is 264 g/mol. The van der Waals surface area contributed by atoms with Crippen LogP contribution in [-0.4, -0.2) is 10.9 Å². The van der Waals surface area contributed by atoms with Crippen molar-refractivity contribution in [2.24, 2.45) is 0 Å². The van der Waals surface area contributed by atoms with Gasteiger partial charge < -0.3 is 11.1 Å². The molecule has 0 spiro atoms. The van der Waals surface area contributed by atoms with Crippen molar-refractivity contribution in [2.75, 3.05) is 5.73 Å². The molecule has 1 aromatic carbocycles. The zero-order chi connectivity index (χ0) is 14.7. The second-order valence-corrected chi connectivity index (χ2v) is 4.30. The number of halogens is 2. The minimum absolute atomic E-state index is 0.0996. The Hall–Kier alpha value is -2.50. The second kappa shape index (κ2) is 5.64. The Morgan fingerprint density at radius 3 is 2.75 bits per heavy atom. The molecule has 0 atom stereocenters. The van der Waals surface area contributed by atoms with E-state index in [1.807, 2.05) is 13.0 Å². The number of carbonyl (C=O) groups excluding carboxylic acids is 1. The van der Waals surface area contributed by atoms with Crippen LogP contribution < -0.4 is 11.1 Å². The van der Waals surface area contributed by atoms with Crippen LogP contribution in [0.1, 0.15) is 21.6 Å². The molecular formula is C14H13F2N3O. The van der Waals surface area contributed by atoms with Crippen molar-refractivity contribution >= 4 is 11.6 Å². The molecule has 2 rings (SSSR count). The van der Waals surface area contributed by atoms with E-state index in [4.69, 9.17) is 5.73 Å².